The van der Waals surface area contributed by atoms with Crippen molar-refractivity contribution in [1.29, 1.82) is 0 Å². The average Bonchev–Trinajstić information content (AvgIpc) is 3.44. The third-order valence-electron chi connectivity index (χ3n) is 11.2. The number of phosphoric acid groups is 1. The highest BCUT2D eigenvalue weighted by molar-refractivity contribution is 7.47. The number of nitrogens with two attached hydrogens (primary N) is 2. The number of benzene rings is 1. The second-order valence-electron chi connectivity index (χ2n) is 17.9. The fraction of sp³-hybridized carbons (Fsp3) is 0.633. The lowest BCUT2D eigenvalue weighted by atomic mass is 10.0. The van der Waals surface area contributed by atoms with Gasteiger partial charge in [-0.2, -0.15) is 0 Å². The molecule has 6 atom stereocenters. The van der Waals surface area contributed by atoms with Gasteiger partial charge in [0.15, 0.2) is 12.1 Å². The molecule has 0 aromatic heterocycles. The minimum atomic E-state index is -4.65. The number of carbonyl (C=O) groups excluding carboxylic acids is 10. The molecular weight excluding hydrogens is 1090 g/mol. The van der Waals surface area contributed by atoms with Gasteiger partial charge in [0.25, 0.3) is 0 Å². The summed E-state index contributed by atoms with van der Waals surface area (Å²) in [6, 6.07) is 3.03. The maximum Gasteiger partial charge on any atom is 0.472 e. The first-order valence-electron chi connectivity index (χ1n) is 26.3. The van der Waals surface area contributed by atoms with Crippen LogP contribution in [0.15, 0.2) is 35.3 Å². The van der Waals surface area contributed by atoms with Crippen molar-refractivity contribution in [2.75, 3.05) is 79.0 Å². The fourth-order valence-corrected chi connectivity index (χ4v) is 7.77. The topological polar surface area (TPSA) is 461 Å². The van der Waals surface area contributed by atoms with Gasteiger partial charge in [-0.3, -0.25) is 66.8 Å². The van der Waals surface area contributed by atoms with Gasteiger partial charge in [0.2, 0.25) is 47.3 Å². The van der Waals surface area contributed by atoms with Crippen LogP contribution in [-0.2, 0) is 91.7 Å². The Hall–Kier alpha value is -7.31. The van der Waals surface area contributed by atoms with Crippen molar-refractivity contribution in [3.63, 3.8) is 0 Å². The SMILES string of the molecule is CCC(=O)OC[C@H](COP(=O)(O)OCCNC(=O)CCC(=O)NCCOCCOCCC(=O)NCCCCC1NC(=O)[C@@H](Cc2ccccc2)NC(=O)[C@H](CC(=O)O)NC(=O)CNC(=O)[C@H](CCCN=C(N)N)NC1=O)OC(=O)CC. The minimum Gasteiger partial charge on any atom is -0.481 e. The number of esters is 2. The molecule has 2 unspecified atom stereocenters. The smallest absolute Gasteiger partial charge is 0.472 e. The van der Waals surface area contributed by atoms with Gasteiger partial charge in [0.05, 0.1) is 52.6 Å². The van der Waals surface area contributed by atoms with Gasteiger partial charge in [-0.05, 0) is 37.7 Å². The van der Waals surface area contributed by atoms with Crippen molar-refractivity contribution < 1.29 is 95.3 Å². The van der Waals surface area contributed by atoms with Crippen molar-refractivity contribution in [3.8, 4) is 0 Å². The van der Waals surface area contributed by atoms with E-state index in [1.54, 1.807) is 37.3 Å². The minimum absolute atomic E-state index is 0.000137. The third-order valence-corrected chi connectivity index (χ3v) is 12.2. The average molecular weight is 1170 g/mol. The second-order valence-corrected chi connectivity index (χ2v) is 19.3. The monoisotopic (exact) mass is 1170 g/mol. The van der Waals surface area contributed by atoms with E-state index in [2.05, 4.69) is 47.5 Å². The number of phosphoric ester groups is 1. The summed E-state index contributed by atoms with van der Waals surface area (Å²) in [7, 11) is -4.65. The normalized spacial score (nSPS) is 18.0. The largest absolute Gasteiger partial charge is 0.481 e. The van der Waals surface area contributed by atoms with E-state index >= 15 is 0 Å². The summed E-state index contributed by atoms with van der Waals surface area (Å²) < 4.78 is 42.7. The number of hydrogen-bond acceptors (Lipinski definition) is 19. The van der Waals surface area contributed by atoms with Crippen LogP contribution in [0.25, 0.3) is 0 Å². The molecule has 0 aliphatic carbocycles. The molecule has 1 aromatic carbocycles. The Labute approximate surface area is 468 Å². The first kappa shape index (κ1) is 69.8. The summed E-state index contributed by atoms with van der Waals surface area (Å²) in [5.74, 6) is -8.43. The second kappa shape index (κ2) is 40.0. The molecule has 0 radical (unpaired) electrons. The van der Waals surface area contributed by atoms with E-state index in [1.165, 1.54) is 6.92 Å². The van der Waals surface area contributed by atoms with Crippen LogP contribution in [0.1, 0.15) is 90.0 Å². The molecule has 1 aliphatic heterocycles. The van der Waals surface area contributed by atoms with Crippen LogP contribution >= 0.6 is 7.82 Å². The lowest BCUT2D eigenvalue weighted by Crippen LogP contribution is -2.58. The van der Waals surface area contributed by atoms with E-state index in [-0.39, 0.29) is 129 Å². The van der Waals surface area contributed by atoms with Crippen molar-refractivity contribution in [2.24, 2.45) is 16.5 Å². The molecule has 1 saturated heterocycles. The Morgan fingerprint density at radius 1 is 0.667 bits per heavy atom. The molecule has 1 aromatic rings. The predicted octanol–water partition coefficient (Wildman–Crippen LogP) is -3.04. The molecule has 31 nitrogen and oxygen atoms in total. The molecular formula is C49H78N11O20P. The third kappa shape index (κ3) is 33.1. The highest BCUT2D eigenvalue weighted by Gasteiger charge is 2.33. The molecule has 8 amide bonds. The molecule has 0 spiro atoms. The highest BCUT2D eigenvalue weighted by atomic mass is 31.2. The number of amides is 8. The van der Waals surface area contributed by atoms with Gasteiger partial charge in [-0.25, -0.2) is 4.57 Å². The molecule has 454 valence electrons. The first-order valence-corrected chi connectivity index (χ1v) is 27.8. The lowest BCUT2D eigenvalue weighted by Gasteiger charge is -2.26. The Morgan fingerprint density at radius 3 is 1.88 bits per heavy atom. The first-order chi connectivity index (χ1) is 38.6. The zero-order valence-electron chi connectivity index (χ0n) is 45.5. The number of nitrogens with one attached hydrogen (secondary N) is 8. The number of aliphatic carboxylic acids is 1. The van der Waals surface area contributed by atoms with Crippen molar-refractivity contribution in [1.82, 2.24) is 42.5 Å². The standard InChI is InChI=1S/C49H78N11O20P/c1-3-43(67)77-30-33(80-44(68)4-2)31-79-81(73,74)78-24-21-54-39(62)16-15-38(61)53-20-23-76-26-25-75-22-17-40(63)52-18-9-8-13-35-46(70)58-34(14-10-19-55-49(50)51)45(69)56-29-41(64)57-37(28-42(65)66)48(72)60-36(47(71)59-35)27-32-11-6-5-7-12-32/h5-7,11-12,33-37H,3-4,8-10,13-31H2,1-2H3,(H,52,63)(H,53,61)(H,54,62)(H,56,69)(H,57,64)(H,58,70)(H,59,71)(H,60,72)(H,65,66)(H,73,74)(H4,50,51,55)/t33-,34+,35?,36-,37+/m1/s1. The van der Waals surface area contributed by atoms with E-state index in [9.17, 15) is 67.3 Å². The van der Waals surface area contributed by atoms with Crippen LogP contribution in [0, 0.1) is 0 Å². The molecule has 14 N–H and O–H groups in total. The quantitative estimate of drug-likeness (QED) is 0.0104. The van der Waals surface area contributed by atoms with Gasteiger partial charge in [0.1, 0.15) is 30.8 Å². The van der Waals surface area contributed by atoms with Gasteiger partial charge < -0.3 is 82.9 Å². The predicted molar refractivity (Wildman–Crippen MR) is 285 cm³/mol. The number of hydrogen-bond donors (Lipinski definition) is 12. The fourth-order valence-electron chi connectivity index (χ4n) is 7.02. The summed E-state index contributed by atoms with van der Waals surface area (Å²) in [5.41, 5.74) is 11.5. The summed E-state index contributed by atoms with van der Waals surface area (Å²) >= 11 is 0. The van der Waals surface area contributed by atoms with Crippen molar-refractivity contribution in [2.45, 2.75) is 121 Å². The summed E-state index contributed by atoms with van der Waals surface area (Å²) in [6.07, 6.45) is -1.54. The summed E-state index contributed by atoms with van der Waals surface area (Å²) in [5, 5.41) is 29.8. The number of ether oxygens (including phenoxy) is 4. The number of carbonyl (C=O) groups is 11. The number of carboxylic acids is 1. The van der Waals surface area contributed by atoms with E-state index < -0.39 is 130 Å². The van der Waals surface area contributed by atoms with E-state index in [0.717, 1.165) is 0 Å². The zero-order valence-corrected chi connectivity index (χ0v) is 46.4. The summed E-state index contributed by atoms with van der Waals surface area (Å²) in [6.45, 7) is 1.63. The number of aliphatic imine (C=N–C) groups is 1. The molecule has 0 bridgehead atoms. The maximum atomic E-state index is 14.0. The van der Waals surface area contributed by atoms with Crippen LogP contribution in [-0.4, -0.2) is 190 Å². The van der Waals surface area contributed by atoms with Crippen LogP contribution in [0.5, 0.6) is 0 Å². The number of nitrogens with zero attached hydrogens (tertiary/aromatic N) is 1. The Bertz CT molecular complexity index is 2290. The molecule has 0 saturated carbocycles. The Kier molecular flexibility index (Phi) is 34.4. The van der Waals surface area contributed by atoms with Gasteiger partial charge in [-0.1, -0.05) is 44.2 Å². The van der Waals surface area contributed by atoms with E-state index in [0.29, 0.717) is 12.0 Å². The van der Waals surface area contributed by atoms with Crippen LogP contribution < -0.4 is 54.0 Å². The molecule has 81 heavy (non-hydrogen) atoms. The number of unbranched alkanes of at least 4 members (excludes halogenated alkanes) is 1. The lowest BCUT2D eigenvalue weighted by molar-refractivity contribution is -0.160. The van der Waals surface area contributed by atoms with Crippen LogP contribution in [0.2, 0.25) is 0 Å². The number of rotatable bonds is 37. The number of carboxylic acid groups (broad SMARTS) is 1. The maximum absolute atomic E-state index is 14.0. The number of guanidine groups is 1. The molecule has 1 aliphatic rings. The van der Waals surface area contributed by atoms with Gasteiger partial charge in [0, 0.05) is 64.7 Å². The van der Waals surface area contributed by atoms with E-state index in [1.807, 2.05) is 0 Å². The zero-order chi connectivity index (χ0) is 60.0. The van der Waals surface area contributed by atoms with Crippen LogP contribution in [0.3, 0.4) is 0 Å². The molecule has 2 rings (SSSR count). The molecule has 32 heteroatoms. The highest BCUT2D eigenvalue weighted by Crippen LogP contribution is 2.43. The molecule has 1 heterocycles. The van der Waals surface area contributed by atoms with E-state index in [4.69, 9.17) is 39.5 Å². The summed E-state index contributed by atoms with van der Waals surface area (Å²) in [4.78, 5) is 153. The van der Waals surface area contributed by atoms with Crippen molar-refractivity contribution >= 4 is 78.9 Å². The van der Waals surface area contributed by atoms with Gasteiger partial charge in [-0.15, -0.1) is 0 Å². The van der Waals surface area contributed by atoms with Crippen LogP contribution in [0.4, 0.5) is 0 Å². The molecule has 1 fully saturated rings. The van der Waals surface area contributed by atoms with Gasteiger partial charge >= 0.3 is 25.7 Å². The Balaban J connectivity index is 1.78. The Morgan fingerprint density at radius 2 is 1.23 bits per heavy atom. The van der Waals surface area contributed by atoms with Crippen molar-refractivity contribution in [3.05, 3.63) is 35.9 Å².